The standard InChI is InChI=1S/C15H18F3N2O.C11H10NO.2CH3.Sn/c1-2-7-20-13(21)9-12(11-4-3-8-19-10-11)14(5-6-14)15(16,17)18;1-2-8-3-5-10-9(7-8)4-6-11(13)12-10;;;/h3-4,8,10,12H,1-2,5-7,9H2,(H,20,21);3-7H,1-2H2,(H,12,13);2*1H3;/t12-;;;;/m1..../s1. The summed E-state index contributed by atoms with van der Waals surface area (Å²) in [5.74, 6) is -1.23. The van der Waals surface area contributed by atoms with Crippen LogP contribution in [0.5, 0.6) is 0 Å². The zero-order valence-electron chi connectivity index (χ0n) is 21.3. The average Bonchev–Trinajstić information content (AvgIpc) is 3.67. The quantitative estimate of drug-likeness (QED) is 0.198. The van der Waals surface area contributed by atoms with E-state index >= 15 is 0 Å². The molecule has 0 saturated heterocycles. The van der Waals surface area contributed by atoms with Crippen LogP contribution in [0.15, 0.2) is 59.7 Å². The topological polar surface area (TPSA) is 74.8 Å². The van der Waals surface area contributed by atoms with Crippen molar-refractivity contribution in [2.75, 3.05) is 6.54 Å². The third-order valence-corrected chi connectivity index (χ3v) is 17.2. The number of H-pyrrole nitrogens is 1. The van der Waals surface area contributed by atoms with Crippen molar-refractivity contribution in [3.63, 3.8) is 0 Å². The predicted octanol–water partition coefficient (Wildman–Crippen LogP) is 6.20. The Labute approximate surface area is 219 Å². The number of amides is 1. The molecule has 1 fully saturated rings. The van der Waals surface area contributed by atoms with Gasteiger partial charge >= 0.3 is 220 Å². The van der Waals surface area contributed by atoms with Gasteiger partial charge in [0.25, 0.3) is 0 Å². The van der Waals surface area contributed by atoms with E-state index in [-0.39, 0.29) is 30.7 Å². The second kappa shape index (κ2) is 11.2. The van der Waals surface area contributed by atoms with Gasteiger partial charge in [-0.25, -0.2) is 0 Å². The van der Waals surface area contributed by atoms with Crippen LogP contribution in [0, 0.1) is 5.41 Å². The van der Waals surface area contributed by atoms with Crippen molar-refractivity contribution in [1.82, 2.24) is 15.3 Å². The summed E-state index contributed by atoms with van der Waals surface area (Å²) in [4.78, 5) is 35.8. The van der Waals surface area contributed by atoms with Crippen molar-refractivity contribution in [1.29, 1.82) is 0 Å². The van der Waals surface area contributed by atoms with E-state index in [4.69, 9.17) is 0 Å². The van der Waals surface area contributed by atoms with E-state index in [0.29, 0.717) is 12.1 Å². The molecule has 0 spiro atoms. The SMILES string of the molecule is [CH3][Sn]([CH3])([CH2]CCNC(=O)C[C@H](c1cccnc1)C1(C(F)(F)F)CC1)[CH2]Cc1ccc2[nH]c(=O)ccc2c1. The van der Waals surface area contributed by atoms with Gasteiger partial charge < -0.3 is 0 Å². The van der Waals surface area contributed by atoms with Crippen molar-refractivity contribution in [2.24, 2.45) is 5.41 Å². The molecule has 5 nitrogen and oxygen atoms in total. The Hall–Kier alpha value is -2.36. The fourth-order valence-electron chi connectivity index (χ4n) is 5.20. The van der Waals surface area contributed by atoms with Crippen LogP contribution in [-0.2, 0) is 11.2 Å². The molecule has 1 saturated carbocycles. The van der Waals surface area contributed by atoms with Gasteiger partial charge in [0.1, 0.15) is 0 Å². The Kier molecular flexibility index (Phi) is 8.35. The molecule has 1 atom stereocenters. The molecule has 4 rings (SSSR count). The molecular formula is C28H34F3N3O2Sn. The van der Waals surface area contributed by atoms with Crippen LogP contribution in [0.3, 0.4) is 0 Å². The normalized spacial score (nSPS) is 15.9. The maximum absolute atomic E-state index is 13.8. The Morgan fingerprint density at radius 1 is 1.16 bits per heavy atom. The monoisotopic (exact) mass is 621 g/mol. The second-order valence-corrected chi connectivity index (χ2v) is 26.3. The van der Waals surface area contributed by atoms with Gasteiger partial charge in [-0.05, 0) is 0 Å². The molecule has 1 aliphatic carbocycles. The molecule has 1 aromatic carbocycles. The maximum atomic E-state index is 13.8. The minimum absolute atomic E-state index is 0.0567. The van der Waals surface area contributed by atoms with Crippen LogP contribution >= 0.6 is 0 Å². The first kappa shape index (κ1) is 27.7. The zero-order valence-corrected chi connectivity index (χ0v) is 24.2. The molecule has 0 radical (unpaired) electrons. The second-order valence-electron chi connectivity index (χ2n) is 11.1. The van der Waals surface area contributed by atoms with Crippen LogP contribution in [0.4, 0.5) is 13.2 Å². The number of hydrogen-bond acceptors (Lipinski definition) is 3. The van der Waals surface area contributed by atoms with E-state index in [1.165, 1.54) is 24.0 Å². The molecule has 0 aliphatic heterocycles. The number of benzene rings is 1. The molecule has 2 aromatic heterocycles. The van der Waals surface area contributed by atoms with Crippen LogP contribution in [0.1, 0.15) is 42.7 Å². The summed E-state index contributed by atoms with van der Waals surface area (Å²) in [6.45, 7) is 0.487. The summed E-state index contributed by atoms with van der Waals surface area (Å²) in [5, 5.41) is 3.91. The van der Waals surface area contributed by atoms with Crippen LogP contribution in [0.25, 0.3) is 10.9 Å². The van der Waals surface area contributed by atoms with Crippen molar-refractivity contribution >= 4 is 35.2 Å². The Balaban J connectivity index is 1.26. The number of alkyl halides is 3. The first-order valence-electron chi connectivity index (χ1n) is 12.8. The number of nitrogens with one attached hydrogen (secondary N) is 2. The summed E-state index contributed by atoms with van der Waals surface area (Å²) >= 11 is -2.33. The molecule has 0 bridgehead atoms. The van der Waals surface area contributed by atoms with Crippen molar-refractivity contribution in [3.8, 4) is 0 Å². The summed E-state index contributed by atoms with van der Waals surface area (Å²) in [6, 6.07) is 12.8. The molecule has 9 heteroatoms. The van der Waals surface area contributed by atoms with Crippen molar-refractivity contribution in [3.05, 3.63) is 76.3 Å². The van der Waals surface area contributed by atoms with Gasteiger partial charge in [-0.1, -0.05) is 0 Å². The predicted molar refractivity (Wildman–Crippen MR) is 142 cm³/mol. The number of rotatable bonds is 11. The summed E-state index contributed by atoms with van der Waals surface area (Å²) in [6.07, 6.45) is 0.410. The van der Waals surface area contributed by atoms with E-state index in [2.05, 4.69) is 37.3 Å². The molecule has 37 heavy (non-hydrogen) atoms. The third-order valence-electron chi connectivity index (χ3n) is 7.73. The number of aromatic nitrogens is 2. The number of carbonyl (C=O) groups is 1. The first-order valence-corrected chi connectivity index (χ1v) is 22.6. The summed E-state index contributed by atoms with van der Waals surface area (Å²) < 4.78 is 43.8. The Morgan fingerprint density at radius 3 is 2.62 bits per heavy atom. The fourth-order valence-corrected chi connectivity index (χ4v) is 11.9. The third kappa shape index (κ3) is 6.94. The average molecular weight is 620 g/mol. The number of aromatic amines is 1. The van der Waals surface area contributed by atoms with E-state index in [9.17, 15) is 22.8 Å². The number of nitrogens with zero attached hydrogens (tertiary/aromatic N) is 1. The molecule has 1 aliphatic rings. The van der Waals surface area contributed by atoms with Crippen LogP contribution < -0.4 is 10.9 Å². The van der Waals surface area contributed by atoms with Gasteiger partial charge in [-0.2, -0.15) is 0 Å². The van der Waals surface area contributed by atoms with Gasteiger partial charge in [0.15, 0.2) is 0 Å². The molecule has 2 heterocycles. The van der Waals surface area contributed by atoms with E-state index < -0.39 is 35.9 Å². The number of fused-ring (bicyclic) bond motifs is 1. The van der Waals surface area contributed by atoms with Gasteiger partial charge in [-0.15, -0.1) is 0 Å². The first-order chi connectivity index (χ1) is 17.5. The van der Waals surface area contributed by atoms with Gasteiger partial charge in [0, 0.05) is 0 Å². The number of hydrogen-bond donors (Lipinski definition) is 2. The number of halogens is 3. The van der Waals surface area contributed by atoms with Gasteiger partial charge in [0.05, 0.1) is 0 Å². The summed E-state index contributed by atoms with van der Waals surface area (Å²) in [5.41, 5.74) is 0.639. The number of aryl methyl sites for hydroxylation is 1. The molecule has 3 aromatic rings. The van der Waals surface area contributed by atoms with Gasteiger partial charge in [0.2, 0.25) is 0 Å². The van der Waals surface area contributed by atoms with Crippen LogP contribution in [0.2, 0.25) is 18.8 Å². The van der Waals surface area contributed by atoms with Crippen molar-refractivity contribution in [2.45, 2.75) is 63.0 Å². The van der Waals surface area contributed by atoms with Crippen LogP contribution in [-0.4, -0.2) is 47.0 Å². The Bertz CT molecular complexity index is 1290. The minimum atomic E-state index is -4.34. The number of pyridine rings is 2. The summed E-state index contributed by atoms with van der Waals surface area (Å²) in [7, 11) is 0. The van der Waals surface area contributed by atoms with E-state index in [0.717, 1.165) is 32.6 Å². The molecule has 0 unspecified atom stereocenters. The van der Waals surface area contributed by atoms with E-state index in [1.54, 1.807) is 12.1 Å². The Morgan fingerprint density at radius 2 is 1.95 bits per heavy atom. The van der Waals surface area contributed by atoms with Crippen molar-refractivity contribution < 1.29 is 18.0 Å². The molecule has 2 N–H and O–H groups in total. The molecule has 198 valence electrons. The van der Waals surface area contributed by atoms with E-state index in [1.807, 2.05) is 12.1 Å². The molecular weight excluding hydrogens is 586 g/mol. The number of carbonyl (C=O) groups excluding carboxylic acids is 1. The zero-order chi connectivity index (χ0) is 26.7. The van der Waals surface area contributed by atoms with Gasteiger partial charge in [-0.3, -0.25) is 0 Å². The molecule has 1 amide bonds. The fraction of sp³-hybridized carbons (Fsp3) is 0.464.